The summed E-state index contributed by atoms with van der Waals surface area (Å²) in [5, 5.41) is 10.8. The van der Waals surface area contributed by atoms with Crippen LogP contribution in [-0.4, -0.2) is 4.92 Å². The van der Waals surface area contributed by atoms with Crippen LogP contribution in [0.15, 0.2) is 46.9 Å². The summed E-state index contributed by atoms with van der Waals surface area (Å²) in [5.41, 5.74) is 0.564. The predicted octanol–water partition coefficient (Wildman–Crippen LogP) is 4.08. The lowest BCUT2D eigenvalue weighted by Crippen LogP contribution is -2.00. The molecule has 0 fully saturated rings. The molecule has 0 N–H and O–H groups in total. The molecule has 19 heavy (non-hydrogen) atoms. The fraction of sp³-hybridized carbons (Fsp3) is 0.0769. The van der Waals surface area contributed by atoms with E-state index in [1.54, 1.807) is 0 Å². The number of halogens is 2. The molecular weight excluding hydrogens is 317 g/mol. The van der Waals surface area contributed by atoms with Crippen molar-refractivity contribution in [2.24, 2.45) is 0 Å². The van der Waals surface area contributed by atoms with Gasteiger partial charge in [-0.1, -0.05) is 34.1 Å². The minimum atomic E-state index is -0.602. The second kappa shape index (κ2) is 5.79. The SMILES string of the molecule is O=[N+]([O-])c1ccc(F)cc1OCc1ccccc1Br. The average Bonchev–Trinajstić information content (AvgIpc) is 2.37. The van der Waals surface area contributed by atoms with Crippen LogP contribution in [0.5, 0.6) is 5.75 Å². The van der Waals surface area contributed by atoms with Crippen molar-refractivity contribution in [3.05, 3.63) is 68.4 Å². The first-order valence-corrected chi connectivity index (χ1v) is 6.17. The zero-order valence-corrected chi connectivity index (χ0v) is 11.3. The van der Waals surface area contributed by atoms with Gasteiger partial charge in [0.05, 0.1) is 4.92 Å². The van der Waals surface area contributed by atoms with E-state index in [1.165, 1.54) is 0 Å². The molecule has 0 atom stereocenters. The van der Waals surface area contributed by atoms with Gasteiger partial charge in [0.1, 0.15) is 12.4 Å². The maximum atomic E-state index is 13.1. The molecule has 2 aromatic rings. The first kappa shape index (κ1) is 13.5. The number of nitro groups is 1. The highest BCUT2D eigenvalue weighted by Crippen LogP contribution is 2.29. The summed E-state index contributed by atoms with van der Waals surface area (Å²) in [5.74, 6) is -0.659. The van der Waals surface area contributed by atoms with Crippen LogP contribution in [0.25, 0.3) is 0 Å². The fourth-order valence-corrected chi connectivity index (χ4v) is 1.92. The number of nitro benzene ring substituents is 1. The molecule has 0 aromatic heterocycles. The van der Waals surface area contributed by atoms with Crippen molar-refractivity contribution < 1.29 is 14.1 Å². The molecule has 0 saturated heterocycles. The van der Waals surface area contributed by atoms with Crippen LogP contribution in [0, 0.1) is 15.9 Å². The Morgan fingerprint density at radius 1 is 1.26 bits per heavy atom. The summed E-state index contributed by atoms with van der Waals surface area (Å²) >= 11 is 3.34. The maximum absolute atomic E-state index is 13.1. The number of rotatable bonds is 4. The monoisotopic (exact) mass is 325 g/mol. The van der Waals surface area contributed by atoms with Crippen LogP contribution in [0.2, 0.25) is 0 Å². The number of ether oxygens (including phenoxy) is 1. The Labute approximate surface area is 117 Å². The van der Waals surface area contributed by atoms with E-state index < -0.39 is 10.7 Å². The van der Waals surface area contributed by atoms with E-state index in [9.17, 15) is 14.5 Å². The van der Waals surface area contributed by atoms with Crippen molar-refractivity contribution in [2.75, 3.05) is 0 Å². The van der Waals surface area contributed by atoms with Crippen LogP contribution >= 0.6 is 15.9 Å². The van der Waals surface area contributed by atoms with Gasteiger partial charge < -0.3 is 4.74 Å². The Morgan fingerprint density at radius 2 is 2.00 bits per heavy atom. The molecule has 0 radical (unpaired) electrons. The Balaban J connectivity index is 2.22. The number of hydrogen-bond acceptors (Lipinski definition) is 3. The molecule has 0 heterocycles. The highest BCUT2D eigenvalue weighted by molar-refractivity contribution is 9.10. The van der Waals surface area contributed by atoms with Crippen LogP contribution < -0.4 is 4.74 Å². The van der Waals surface area contributed by atoms with Gasteiger partial charge in [-0.25, -0.2) is 4.39 Å². The molecule has 98 valence electrons. The summed E-state index contributed by atoms with van der Waals surface area (Å²) in [6.45, 7) is 0.117. The molecule has 2 rings (SSSR count). The van der Waals surface area contributed by atoms with Gasteiger partial charge in [-0.05, 0) is 12.1 Å². The molecule has 6 heteroatoms. The van der Waals surface area contributed by atoms with Gasteiger partial charge in [0, 0.05) is 22.2 Å². The Morgan fingerprint density at radius 3 is 2.68 bits per heavy atom. The molecular formula is C13H9BrFNO3. The summed E-state index contributed by atoms with van der Waals surface area (Å²) in [6, 6.07) is 10.4. The molecule has 0 spiro atoms. The molecule has 0 aliphatic rings. The summed E-state index contributed by atoms with van der Waals surface area (Å²) < 4.78 is 19.3. The van der Waals surface area contributed by atoms with Gasteiger partial charge in [0.15, 0.2) is 5.75 Å². The topological polar surface area (TPSA) is 52.4 Å². The summed E-state index contributed by atoms with van der Waals surface area (Å²) in [6.07, 6.45) is 0. The maximum Gasteiger partial charge on any atom is 0.311 e. The van der Waals surface area contributed by atoms with Crippen LogP contribution in [0.1, 0.15) is 5.56 Å². The van der Waals surface area contributed by atoms with E-state index in [1.807, 2.05) is 24.3 Å². The minimum absolute atomic E-state index is 0.0826. The first-order valence-electron chi connectivity index (χ1n) is 5.38. The zero-order chi connectivity index (χ0) is 13.8. The van der Waals surface area contributed by atoms with Crippen molar-refractivity contribution in [1.82, 2.24) is 0 Å². The van der Waals surface area contributed by atoms with Crippen molar-refractivity contribution in [3.63, 3.8) is 0 Å². The van der Waals surface area contributed by atoms with Gasteiger partial charge >= 0.3 is 5.69 Å². The smallest absolute Gasteiger partial charge is 0.311 e. The lowest BCUT2D eigenvalue weighted by Gasteiger charge is -2.08. The van der Waals surface area contributed by atoms with Crippen LogP contribution in [-0.2, 0) is 6.61 Å². The quantitative estimate of drug-likeness (QED) is 0.628. The van der Waals surface area contributed by atoms with E-state index in [4.69, 9.17) is 4.74 Å². The van der Waals surface area contributed by atoms with Gasteiger partial charge in [0.2, 0.25) is 0 Å². The minimum Gasteiger partial charge on any atom is -0.482 e. The highest BCUT2D eigenvalue weighted by Gasteiger charge is 2.16. The van der Waals surface area contributed by atoms with Crippen molar-refractivity contribution in [1.29, 1.82) is 0 Å². The van der Waals surface area contributed by atoms with Crippen molar-refractivity contribution in [3.8, 4) is 5.75 Å². The molecule has 0 unspecified atom stereocenters. The predicted molar refractivity (Wildman–Crippen MR) is 71.5 cm³/mol. The van der Waals surface area contributed by atoms with Gasteiger partial charge in [-0.15, -0.1) is 0 Å². The lowest BCUT2D eigenvalue weighted by molar-refractivity contribution is -0.386. The second-order valence-corrected chi connectivity index (χ2v) is 4.60. The normalized spacial score (nSPS) is 10.2. The number of benzene rings is 2. The molecule has 0 saturated carbocycles. The molecule has 0 bridgehead atoms. The van der Waals surface area contributed by atoms with Crippen LogP contribution in [0.4, 0.5) is 10.1 Å². The van der Waals surface area contributed by atoms with E-state index in [0.29, 0.717) is 0 Å². The zero-order valence-electron chi connectivity index (χ0n) is 9.68. The van der Waals surface area contributed by atoms with E-state index >= 15 is 0 Å². The molecule has 0 aliphatic carbocycles. The van der Waals surface area contributed by atoms with E-state index in [-0.39, 0.29) is 18.0 Å². The van der Waals surface area contributed by atoms with E-state index in [0.717, 1.165) is 28.2 Å². The standard InChI is InChI=1S/C13H9BrFNO3/c14-11-4-2-1-3-9(11)8-19-13-7-10(15)5-6-12(13)16(17)18/h1-7H,8H2. The third-order valence-corrected chi connectivity index (χ3v) is 3.23. The Hall–Kier alpha value is -1.95. The van der Waals surface area contributed by atoms with Gasteiger partial charge in [-0.3, -0.25) is 10.1 Å². The van der Waals surface area contributed by atoms with Crippen molar-refractivity contribution >= 4 is 21.6 Å². The first-order chi connectivity index (χ1) is 9.08. The van der Waals surface area contributed by atoms with Gasteiger partial charge in [-0.2, -0.15) is 0 Å². The van der Waals surface area contributed by atoms with Crippen LogP contribution in [0.3, 0.4) is 0 Å². The third-order valence-electron chi connectivity index (χ3n) is 2.46. The van der Waals surface area contributed by atoms with Crippen molar-refractivity contribution in [2.45, 2.75) is 6.61 Å². The summed E-state index contributed by atoms with van der Waals surface area (Å²) in [7, 11) is 0. The molecule has 0 aliphatic heterocycles. The molecule has 0 amide bonds. The fourth-order valence-electron chi connectivity index (χ4n) is 1.53. The third kappa shape index (κ3) is 3.29. The molecule has 2 aromatic carbocycles. The van der Waals surface area contributed by atoms with E-state index in [2.05, 4.69) is 15.9 Å². The highest BCUT2D eigenvalue weighted by atomic mass is 79.9. The number of hydrogen-bond donors (Lipinski definition) is 0. The lowest BCUT2D eigenvalue weighted by atomic mass is 10.2. The average molecular weight is 326 g/mol. The largest absolute Gasteiger partial charge is 0.482 e. The Bertz CT molecular complexity index is 619. The van der Waals surface area contributed by atoms with Gasteiger partial charge in [0.25, 0.3) is 0 Å². The summed E-state index contributed by atoms with van der Waals surface area (Å²) in [4.78, 5) is 10.2. The molecule has 4 nitrogen and oxygen atoms in total. The Kier molecular flexibility index (Phi) is 4.11. The number of nitrogens with zero attached hydrogens (tertiary/aromatic N) is 1. The second-order valence-electron chi connectivity index (χ2n) is 3.75.